The Morgan fingerprint density at radius 2 is 2.42 bits per heavy atom. The summed E-state index contributed by atoms with van der Waals surface area (Å²) in [5.74, 6) is 0. The SMILES string of the molecule is CCn1cc(C)c(S(=N)(N)=O)n1. The highest BCUT2D eigenvalue weighted by molar-refractivity contribution is 7.90. The highest BCUT2D eigenvalue weighted by Crippen LogP contribution is 2.10. The molecule has 0 fully saturated rings. The fourth-order valence-corrected chi connectivity index (χ4v) is 1.72. The minimum Gasteiger partial charge on any atom is -0.271 e. The maximum atomic E-state index is 11.1. The molecule has 0 aliphatic rings. The minimum atomic E-state index is -3.15. The van der Waals surface area contributed by atoms with Gasteiger partial charge in [-0.2, -0.15) is 5.10 Å². The van der Waals surface area contributed by atoms with Crippen molar-refractivity contribution in [1.82, 2.24) is 9.78 Å². The Balaban J connectivity index is 3.27. The van der Waals surface area contributed by atoms with Crippen LogP contribution in [0.2, 0.25) is 0 Å². The molecule has 1 aromatic heterocycles. The van der Waals surface area contributed by atoms with E-state index >= 15 is 0 Å². The van der Waals surface area contributed by atoms with Gasteiger partial charge in [-0.25, -0.2) is 14.1 Å². The van der Waals surface area contributed by atoms with Crippen LogP contribution in [-0.2, 0) is 16.5 Å². The van der Waals surface area contributed by atoms with Crippen molar-refractivity contribution in [3.8, 4) is 0 Å². The van der Waals surface area contributed by atoms with Gasteiger partial charge in [0.1, 0.15) is 0 Å². The average Bonchev–Trinajstić information content (AvgIpc) is 2.29. The third-order valence-corrected chi connectivity index (χ3v) is 2.49. The third kappa shape index (κ3) is 1.64. The van der Waals surface area contributed by atoms with Crippen LogP contribution in [0.25, 0.3) is 0 Å². The molecule has 5 nitrogen and oxygen atoms in total. The van der Waals surface area contributed by atoms with Crippen molar-refractivity contribution >= 4 is 9.92 Å². The van der Waals surface area contributed by atoms with Crippen molar-refractivity contribution in [1.29, 1.82) is 4.78 Å². The van der Waals surface area contributed by atoms with E-state index in [1.807, 2.05) is 6.92 Å². The molecule has 12 heavy (non-hydrogen) atoms. The normalized spacial score (nSPS) is 15.9. The Morgan fingerprint density at radius 3 is 2.67 bits per heavy atom. The van der Waals surface area contributed by atoms with Gasteiger partial charge in [0, 0.05) is 18.3 Å². The first-order valence-corrected chi connectivity index (χ1v) is 5.18. The molecule has 68 valence electrons. The lowest BCUT2D eigenvalue weighted by Crippen LogP contribution is -2.12. The van der Waals surface area contributed by atoms with E-state index in [9.17, 15) is 4.21 Å². The molecule has 1 rings (SSSR count). The quantitative estimate of drug-likeness (QED) is 0.707. The Kier molecular flexibility index (Phi) is 2.20. The predicted octanol–water partition coefficient (Wildman–Crippen LogP) is 0.491. The highest BCUT2D eigenvalue weighted by atomic mass is 32.2. The molecule has 0 spiro atoms. The molecule has 0 radical (unpaired) electrons. The van der Waals surface area contributed by atoms with Crippen molar-refractivity contribution < 1.29 is 4.21 Å². The number of hydrogen-bond acceptors (Lipinski definition) is 3. The second-order valence-corrected chi connectivity index (χ2v) is 4.16. The molecule has 0 aliphatic carbocycles. The smallest absolute Gasteiger partial charge is 0.174 e. The van der Waals surface area contributed by atoms with Crippen molar-refractivity contribution in [3.63, 3.8) is 0 Å². The maximum Gasteiger partial charge on any atom is 0.174 e. The summed E-state index contributed by atoms with van der Waals surface area (Å²) < 4.78 is 19.9. The van der Waals surface area contributed by atoms with E-state index in [0.717, 1.165) is 0 Å². The van der Waals surface area contributed by atoms with Gasteiger partial charge in [0.15, 0.2) is 14.9 Å². The Bertz CT molecular complexity index is 378. The van der Waals surface area contributed by atoms with Crippen molar-refractivity contribution in [2.45, 2.75) is 25.4 Å². The summed E-state index contributed by atoms with van der Waals surface area (Å²) in [6.07, 6.45) is 1.73. The number of nitrogens with two attached hydrogens (primary N) is 1. The molecule has 1 aromatic rings. The molecule has 0 bridgehead atoms. The first kappa shape index (κ1) is 9.21. The summed E-state index contributed by atoms with van der Waals surface area (Å²) in [6.45, 7) is 4.35. The van der Waals surface area contributed by atoms with Crippen LogP contribution in [0.15, 0.2) is 11.2 Å². The van der Waals surface area contributed by atoms with Gasteiger partial charge in [-0.1, -0.05) is 0 Å². The van der Waals surface area contributed by atoms with E-state index in [2.05, 4.69) is 5.10 Å². The number of nitrogens with one attached hydrogen (secondary N) is 1. The predicted molar refractivity (Wildman–Crippen MR) is 46.0 cm³/mol. The second-order valence-electron chi connectivity index (χ2n) is 2.57. The van der Waals surface area contributed by atoms with E-state index in [1.165, 1.54) is 0 Å². The zero-order valence-electron chi connectivity index (χ0n) is 7.07. The number of aryl methyl sites for hydroxylation is 2. The van der Waals surface area contributed by atoms with E-state index in [-0.39, 0.29) is 5.03 Å². The lowest BCUT2D eigenvalue weighted by atomic mass is 10.4. The van der Waals surface area contributed by atoms with Gasteiger partial charge in [-0.15, -0.1) is 0 Å². The Hall–Kier alpha value is -0.880. The topological polar surface area (TPSA) is 84.8 Å². The van der Waals surface area contributed by atoms with Gasteiger partial charge < -0.3 is 0 Å². The lowest BCUT2D eigenvalue weighted by molar-refractivity contribution is 0.629. The fourth-order valence-electron chi connectivity index (χ4n) is 0.965. The van der Waals surface area contributed by atoms with E-state index in [4.69, 9.17) is 9.92 Å². The van der Waals surface area contributed by atoms with Crippen LogP contribution in [0.3, 0.4) is 0 Å². The molecule has 0 amide bonds. The Labute approximate surface area is 71.7 Å². The first-order chi connectivity index (χ1) is 5.45. The maximum absolute atomic E-state index is 11.1. The van der Waals surface area contributed by atoms with Gasteiger partial charge in [-0.3, -0.25) is 4.68 Å². The summed E-state index contributed by atoms with van der Waals surface area (Å²) in [6, 6.07) is 0. The number of rotatable bonds is 2. The molecule has 0 saturated carbocycles. The number of aromatic nitrogens is 2. The van der Waals surface area contributed by atoms with Crippen LogP contribution in [0, 0.1) is 11.7 Å². The van der Waals surface area contributed by atoms with E-state index < -0.39 is 9.92 Å². The molecule has 1 atom stereocenters. The molecule has 1 heterocycles. The van der Waals surface area contributed by atoms with Crippen LogP contribution >= 0.6 is 0 Å². The van der Waals surface area contributed by atoms with Crippen molar-refractivity contribution in [3.05, 3.63) is 11.8 Å². The van der Waals surface area contributed by atoms with Crippen LogP contribution in [0.5, 0.6) is 0 Å². The minimum absolute atomic E-state index is 0.185. The lowest BCUT2D eigenvalue weighted by Gasteiger charge is -1.95. The molecule has 0 saturated heterocycles. The van der Waals surface area contributed by atoms with Crippen LogP contribution in [0.1, 0.15) is 12.5 Å². The summed E-state index contributed by atoms with van der Waals surface area (Å²) in [5, 5.41) is 9.26. The molecule has 6 heteroatoms. The average molecular weight is 188 g/mol. The van der Waals surface area contributed by atoms with Gasteiger partial charge >= 0.3 is 0 Å². The fraction of sp³-hybridized carbons (Fsp3) is 0.500. The monoisotopic (exact) mass is 188 g/mol. The molecule has 3 N–H and O–H groups in total. The Morgan fingerprint density at radius 1 is 1.83 bits per heavy atom. The van der Waals surface area contributed by atoms with Gasteiger partial charge in [-0.05, 0) is 13.8 Å². The van der Waals surface area contributed by atoms with E-state index in [1.54, 1.807) is 17.8 Å². The molecule has 0 aromatic carbocycles. The van der Waals surface area contributed by atoms with Gasteiger partial charge in [0.25, 0.3) is 0 Å². The first-order valence-electron chi connectivity index (χ1n) is 3.55. The number of hydrogen-bond donors (Lipinski definition) is 2. The highest BCUT2D eigenvalue weighted by Gasteiger charge is 2.11. The van der Waals surface area contributed by atoms with Crippen LogP contribution < -0.4 is 5.14 Å². The summed E-state index contributed by atoms with van der Waals surface area (Å²) in [5.41, 5.74) is 0.708. The van der Waals surface area contributed by atoms with Gasteiger partial charge in [0.05, 0.1) is 0 Å². The summed E-state index contributed by atoms with van der Waals surface area (Å²) in [7, 11) is -3.15. The summed E-state index contributed by atoms with van der Waals surface area (Å²) in [4.78, 5) is 0. The van der Waals surface area contributed by atoms with Crippen LogP contribution in [0.4, 0.5) is 0 Å². The molecule has 1 unspecified atom stereocenters. The third-order valence-electron chi connectivity index (χ3n) is 1.51. The molecular formula is C6H12N4OS. The van der Waals surface area contributed by atoms with Gasteiger partial charge in [0.2, 0.25) is 0 Å². The number of nitrogens with zero attached hydrogens (tertiary/aromatic N) is 2. The molecular weight excluding hydrogens is 176 g/mol. The zero-order valence-corrected chi connectivity index (χ0v) is 7.89. The largest absolute Gasteiger partial charge is 0.271 e. The van der Waals surface area contributed by atoms with Crippen molar-refractivity contribution in [2.75, 3.05) is 0 Å². The molecule has 0 aliphatic heterocycles. The summed E-state index contributed by atoms with van der Waals surface area (Å²) >= 11 is 0. The van der Waals surface area contributed by atoms with Crippen molar-refractivity contribution in [2.24, 2.45) is 5.14 Å². The standard InChI is InChI=1S/C6H12N4OS/c1-3-10-4-5(2)6(9-10)12(7,8)11/h4H,3H2,1-2H3,(H3,7,8,11). The second kappa shape index (κ2) is 2.87. The van der Waals surface area contributed by atoms with E-state index in [0.29, 0.717) is 12.1 Å². The van der Waals surface area contributed by atoms with Crippen LogP contribution in [-0.4, -0.2) is 14.0 Å². The zero-order chi connectivity index (χ0) is 9.35.